The van der Waals surface area contributed by atoms with Crippen LogP contribution in [0.1, 0.15) is 42.4 Å². The lowest BCUT2D eigenvalue weighted by Crippen LogP contribution is -2.38. The van der Waals surface area contributed by atoms with Gasteiger partial charge in [-0.3, -0.25) is 0 Å². The topological polar surface area (TPSA) is 77.6 Å². The van der Waals surface area contributed by atoms with Gasteiger partial charge in [0.25, 0.3) is 0 Å². The van der Waals surface area contributed by atoms with Crippen LogP contribution in [0.15, 0.2) is 17.8 Å². The van der Waals surface area contributed by atoms with Crippen molar-refractivity contribution in [3.63, 3.8) is 0 Å². The largest absolute Gasteiger partial charge is 0.462 e. The third-order valence-corrected chi connectivity index (χ3v) is 3.38. The fourth-order valence-corrected chi connectivity index (χ4v) is 2.23. The second kappa shape index (κ2) is 6.36. The SMILES string of the molecule is CCOC(=O)c1c(C/C=C2\COC(C)(C)OC2=O)c[nH]c1C. The Morgan fingerprint density at radius 2 is 2.23 bits per heavy atom. The summed E-state index contributed by atoms with van der Waals surface area (Å²) in [6.45, 7) is 7.47. The molecule has 0 radical (unpaired) electrons. The summed E-state index contributed by atoms with van der Waals surface area (Å²) in [5.74, 6) is -1.64. The molecule has 0 bridgehead atoms. The molecule has 0 atom stereocenters. The molecule has 1 aliphatic rings. The highest BCUT2D eigenvalue weighted by atomic mass is 16.7. The lowest BCUT2D eigenvalue weighted by molar-refractivity contribution is -0.223. The van der Waals surface area contributed by atoms with Gasteiger partial charge in [-0.25, -0.2) is 9.59 Å². The zero-order valence-electron chi connectivity index (χ0n) is 13.3. The summed E-state index contributed by atoms with van der Waals surface area (Å²) in [6.07, 6.45) is 3.90. The monoisotopic (exact) mass is 307 g/mol. The van der Waals surface area contributed by atoms with Crippen LogP contribution in [0.25, 0.3) is 0 Å². The van der Waals surface area contributed by atoms with Crippen molar-refractivity contribution in [2.24, 2.45) is 0 Å². The first-order valence-electron chi connectivity index (χ1n) is 7.24. The zero-order chi connectivity index (χ0) is 16.3. The number of hydrogen-bond acceptors (Lipinski definition) is 5. The number of cyclic esters (lactones) is 1. The van der Waals surface area contributed by atoms with E-state index in [1.807, 2.05) is 6.92 Å². The summed E-state index contributed by atoms with van der Waals surface area (Å²) in [5.41, 5.74) is 2.49. The Hall–Kier alpha value is -2.08. The van der Waals surface area contributed by atoms with Crippen LogP contribution in [0.2, 0.25) is 0 Å². The first kappa shape index (κ1) is 16.3. The molecule has 0 aromatic carbocycles. The number of carbonyl (C=O) groups is 2. The van der Waals surface area contributed by atoms with E-state index >= 15 is 0 Å². The number of ether oxygens (including phenoxy) is 3. The molecule has 1 saturated heterocycles. The highest BCUT2D eigenvalue weighted by Gasteiger charge is 2.31. The summed E-state index contributed by atoms with van der Waals surface area (Å²) in [5, 5.41) is 0. The Labute approximate surface area is 129 Å². The molecule has 1 fully saturated rings. The number of aryl methyl sites for hydroxylation is 1. The molecule has 6 nitrogen and oxygen atoms in total. The van der Waals surface area contributed by atoms with Gasteiger partial charge in [-0.1, -0.05) is 6.08 Å². The quantitative estimate of drug-likeness (QED) is 0.682. The predicted molar refractivity (Wildman–Crippen MR) is 79.4 cm³/mol. The molecule has 1 N–H and O–H groups in total. The average molecular weight is 307 g/mol. The van der Waals surface area contributed by atoms with E-state index in [1.165, 1.54) is 0 Å². The summed E-state index contributed by atoms with van der Waals surface area (Å²) >= 11 is 0. The van der Waals surface area contributed by atoms with Gasteiger partial charge in [0.15, 0.2) is 0 Å². The Balaban J connectivity index is 2.14. The molecule has 120 valence electrons. The van der Waals surface area contributed by atoms with Gasteiger partial charge in [-0.05, 0) is 25.8 Å². The zero-order valence-corrected chi connectivity index (χ0v) is 13.3. The van der Waals surface area contributed by atoms with E-state index in [2.05, 4.69) is 4.98 Å². The van der Waals surface area contributed by atoms with Crippen LogP contribution in [0.5, 0.6) is 0 Å². The van der Waals surface area contributed by atoms with E-state index in [1.54, 1.807) is 33.0 Å². The summed E-state index contributed by atoms with van der Waals surface area (Å²) < 4.78 is 15.7. The van der Waals surface area contributed by atoms with Gasteiger partial charge in [-0.2, -0.15) is 0 Å². The van der Waals surface area contributed by atoms with Crippen molar-refractivity contribution in [3.8, 4) is 0 Å². The minimum absolute atomic E-state index is 0.198. The third-order valence-electron chi connectivity index (χ3n) is 3.38. The average Bonchev–Trinajstić information content (AvgIpc) is 2.78. The molecule has 6 heteroatoms. The standard InChI is InChI=1S/C16H21NO5/c1-5-20-15(19)13-10(2)17-8-11(13)6-7-12-9-21-16(3,4)22-14(12)18/h7-8,17H,5-6,9H2,1-4H3/b12-7+. The number of nitrogens with one attached hydrogen (secondary N) is 1. The first-order valence-corrected chi connectivity index (χ1v) is 7.24. The fraction of sp³-hybridized carbons (Fsp3) is 0.500. The van der Waals surface area contributed by atoms with Crippen LogP contribution in [-0.4, -0.2) is 35.9 Å². The molecular formula is C16H21NO5. The second-order valence-electron chi connectivity index (χ2n) is 5.55. The minimum atomic E-state index is -0.894. The van der Waals surface area contributed by atoms with Gasteiger partial charge in [0, 0.05) is 25.7 Å². The number of esters is 2. The van der Waals surface area contributed by atoms with Crippen LogP contribution in [-0.2, 0) is 25.4 Å². The molecule has 22 heavy (non-hydrogen) atoms. The van der Waals surface area contributed by atoms with E-state index in [4.69, 9.17) is 14.2 Å². The van der Waals surface area contributed by atoms with Crippen molar-refractivity contribution in [1.29, 1.82) is 0 Å². The number of aromatic amines is 1. The van der Waals surface area contributed by atoms with Crippen molar-refractivity contribution in [3.05, 3.63) is 34.7 Å². The van der Waals surface area contributed by atoms with Crippen LogP contribution >= 0.6 is 0 Å². The number of rotatable bonds is 4. The van der Waals surface area contributed by atoms with Gasteiger partial charge in [-0.15, -0.1) is 0 Å². The minimum Gasteiger partial charge on any atom is -0.462 e. The van der Waals surface area contributed by atoms with Crippen LogP contribution in [0.4, 0.5) is 0 Å². The van der Waals surface area contributed by atoms with Crippen LogP contribution in [0.3, 0.4) is 0 Å². The molecule has 2 heterocycles. The Kier molecular flexibility index (Phi) is 4.71. The predicted octanol–water partition coefficient (Wildman–Crippen LogP) is 2.28. The van der Waals surface area contributed by atoms with Crippen molar-refractivity contribution in [1.82, 2.24) is 4.98 Å². The normalized spacial score (nSPS) is 19.1. The number of aromatic nitrogens is 1. The van der Waals surface area contributed by atoms with E-state index < -0.39 is 5.79 Å². The Bertz CT molecular complexity index is 612. The molecule has 0 aliphatic carbocycles. The maximum atomic E-state index is 12.0. The van der Waals surface area contributed by atoms with Gasteiger partial charge in [0.05, 0.1) is 24.4 Å². The smallest absolute Gasteiger partial charge is 0.340 e. The molecule has 1 aromatic heterocycles. The van der Waals surface area contributed by atoms with E-state index in [9.17, 15) is 9.59 Å². The molecule has 1 aliphatic heterocycles. The molecule has 0 saturated carbocycles. The maximum Gasteiger partial charge on any atom is 0.340 e. The summed E-state index contributed by atoms with van der Waals surface area (Å²) in [6, 6.07) is 0. The lowest BCUT2D eigenvalue weighted by Gasteiger charge is -2.30. The van der Waals surface area contributed by atoms with Gasteiger partial charge in [0.1, 0.15) is 0 Å². The second-order valence-corrected chi connectivity index (χ2v) is 5.55. The number of hydrogen-bond donors (Lipinski definition) is 1. The fourth-order valence-electron chi connectivity index (χ4n) is 2.23. The Morgan fingerprint density at radius 3 is 2.86 bits per heavy atom. The van der Waals surface area contributed by atoms with E-state index in [0.29, 0.717) is 24.2 Å². The van der Waals surface area contributed by atoms with Gasteiger partial charge < -0.3 is 19.2 Å². The molecule has 2 rings (SSSR count). The van der Waals surface area contributed by atoms with Crippen molar-refractivity contribution < 1.29 is 23.8 Å². The third kappa shape index (κ3) is 3.57. The number of H-pyrrole nitrogens is 1. The summed E-state index contributed by atoms with van der Waals surface area (Å²) in [7, 11) is 0. The van der Waals surface area contributed by atoms with E-state index in [-0.39, 0.29) is 18.5 Å². The first-order chi connectivity index (χ1) is 10.3. The number of allylic oxidation sites excluding steroid dienone is 1. The van der Waals surface area contributed by atoms with Crippen LogP contribution < -0.4 is 0 Å². The van der Waals surface area contributed by atoms with Gasteiger partial charge in [0.2, 0.25) is 5.79 Å². The van der Waals surface area contributed by atoms with Crippen LogP contribution in [0, 0.1) is 6.92 Å². The van der Waals surface area contributed by atoms with Gasteiger partial charge >= 0.3 is 11.9 Å². The van der Waals surface area contributed by atoms with E-state index in [0.717, 1.165) is 11.3 Å². The molecule has 0 amide bonds. The van der Waals surface area contributed by atoms with Crippen molar-refractivity contribution >= 4 is 11.9 Å². The molecular weight excluding hydrogens is 286 g/mol. The highest BCUT2D eigenvalue weighted by molar-refractivity contribution is 5.93. The Morgan fingerprint density at radius 1 is 1.50 bits per heavy atom. The van der Waals surface area contributed by atoms with Crippen molar-refractivity contribution in [2.75, 3.05) is 13.2 Å². The molecule has 0 unspecified atom stereocenters. The lowest BCUT2D eigenvalue weighted by atomic mass is 10.1. The maximum absolute atomic E-state index is 12.0. The number of carbonyl (C=O) groups excluding carboxylic acids is 2. The van der Waals surface area contributed by atoms with Crippen molar-refractivity contribution in [2.45, 2.75) is 39.9 Å². The highest BCUT2D eigenvalue weighted by Crippen LogP contribution is 2.22. The molecule has 0 spiro atoms. The summed E-state index contributed by atoms with van der Waals surface area (Å²) in [4.78, 5) is 26.9. The molecule has 1 aromatic rings.